The van der Waals surface area contributed by atoms with Crippen molar-refractivity contribution in [3.63, 3.8) is 0 Å². The SMILES string of the molecule is CC(O)c1ccc(S(=O)(=O)NC(C)c2ccsc2)cc1. The monoisotopic (exact) mass is 311 g/mol. The van der Waals surface area contributed by atoms with Crippen LogP contribution in [0.4, 0.5) is 0 Å². The number of benzene rings is 1. The van der Waals surface area contributed by atoms with E-state index in [0.717, 1.165) is 5.56 Å². The largest absolute Gasteiger partial charge is 0.389 e. The number of hydrogen-bond donors (Lipinski definition) is 2. The van der Waals surface area contributed by atoms with Crippen LogP contribution in [-0.2, 0) is 10.0 Å². The average Bonchev–Trinajstić information content (AvgIpc) is 2.92. The van der Waals surface area contributed by atoms with E-state index in [0.29, 0.717) is 5.56 Å². The zero-order valence-corrected chi connectivity index (χ0v) is 12.9. The topological polar surface area (TPSA) is 66.4 Å². The van der Waals surface area contributed by atoms with Crippen molar-refractivity contribution in [3.05, 3.63) is 52.2 Å². The Kier molecular flexibility index (Phi) is 4.59. The van der Waals surface area contributed by atoms with Gasteiger partial charge in [0.1, 0.15) is 0 Å². The van der Waals surface area contributed by atoms with Crippen molar-refractivity contribution < 1.29 is 13.5 Å². The molecule has 2 atom stereocenters. The number of thiophene rings is 1. The number of aliphatic hydroxyl groups excluding tert-OH is 1. The second-order valence-electron chi connectivity index (χ2n) is 4.64. The minimum Gasteiger partial charge on any atom is -0.389 e. The first-order valence-corrected chi connectivity index (χ1v) is 8.65. The summed E-state index contributed by atoms with van der Waals surface area (Å²) >= 11 is 1.53. The second kappa shape index (κ2) is 6.05. The Balaban J connectivity index is 2.18. The molecule has 0 spiro atoms. The molecule has 1 aromatic carbocycles. The van der Waals surface area contributed by atoms with E-state index in [-0.39, 0.29) is 10.9 Å². The number of sulfonamides is 1. The first-order valence-electron chi connectivity index (χ1n) is 6.22. The van der Waals surface area contributed by atoms with Gasteiger partial charge in [-0.25, -0.2) is 13.1 Å². The van der Waals surface area contributed by atoms with Crippen LogP contribution in [0, 0.1) is 0 Å². The zero-order valence-electron chi connectivity index (χ0n) is 11.3. The van der Waals surface area contributed by atoms with E-state index in [1.165, 1.54) is 23.5 Å². The van der Waals surface area contributed by atoms with Crippen LogP contribution >= 0.6 is 11.3 Å². The Morgan fingerprint density at radius 2 is 1.75 bits per heavy atom. The molecule has 0 bridgehead atoms. The number of rotatable bonds is 5. The van der Waals surface area contributed by atoms with Gasteiger partial charge >= 0.3 is 0 Å². The van der Waals surface area contributed by atoms with Crippen molar-refractivity contribution in [2.45, 2.75) is 30.9 Å². The Bertz CT molecular complexity index is 646. The lowest BCUT2D eigenvalue weighted by molar-refractivity contribution is 0.199. The van der Waals surface area contributed by atoms with Crippen LogP contribution in [0.3, 0.4) is 0 Å². The molecule has 2 rings (SSSR count). The van der Waals surface area contributed by atoms with Crippen LogP contribution in [0.1, 0.15) is 37.1 Å². The zero-order chi connectivity index (χ0) is 14.8. The number of hydrogen-bond acceptors (Lipinski definition) is 4. The maximum atomic E-state index is 12.2. The van der Waals surface area contributed by atoms with Crippen molar-refractivity contribution in [2.75, 3.05) is 0 Å². The summed E-state index contributed by atoms with van der Waals surface area (Å²) in [6, 6.07) is 7.87. The normalized spacial score (nSPS) is 14.9. The van der Waals surface area contributed by atoms with Gasteiger partial charge in [0.25, 0.3) is 0 Å². The molecule has 2 unspecified atom stereocenters. The predicted molar refractivity (Wildman–Crippen MR) is 80.1 cm³/mol. The standard InChI is InChI=1S/C14H17NO3S2/c1-10(13-7-8-19-9-13)15-20(17,18)14-5-3-12(4-6-14)11(2)16/h3-11,15-16H,1-2H3. The summed E-state index contributed by atoms with van der Waals surface area (Å²) in [5, 5.41) is 13.3. The number of nitrogens with one attached hydrogen (secondary N) is 1. The summed E-state index contributed by atoms with van der Waals surface area (Å²) in [6.07, 6.45) is -0.607. The van der Waals surface area contributed by atoms with E-state index in [4.69, 9.17) is 0 Å². The fraction of sp³-hybridized carbons (Fsp3) is 0.286. The molecule has 20 heavy (non-hydrogen) atoms. The van der Waals surface area contributed by atoms with Crippen molar-refractivity contribution in [1.82, 2.24) is 4.72 Å². The highest BCUT2D eigenvalue weighted by Crippen LogP contribution is 2.20. The van der Waals surface area contributed by atoms with Crippen LogP contribution in [0.15, 0.2) is 46.0 Å². The van der Waals surface area contributed by atoms with E-state index in [9.17, 15) is 13.5 Å². The van der Waals surface area contributed by atoms with Gasteiger partial charge in [-0.05, 0) is 53.9 Å². The minimum absolute atomic E-state index is 0.198. The van der Waals surface area contributed by atoms with Crippen molar-refractivity contribution in [3.8, 4) is 0 Å². The highest BCUT2D eigenvalue weighted by atomic mass is 32.2. The minimum atomic E-state index is -3.56. The highest BCUT2D eigenvalue weighted by molar-refractivity contribution is 7.89. The molecule has 0 radical (unpaired) electrons. The molecular weight excluding hydrogens is 294 g/mol. The Morgan fingerprint density at radius 3 is 2.25 bits per heavy atom. The van der Waals surface area contributed by atoms with Gasteiger partial charge < -0.3 is 5.11 Å². The Morgan fingerprint density at radius 1 is 1.10 bits per heavy atom. The molecule has 2 N–H and O–H groups in total. The molecular formula is C14H17NO3S2. The van der Waals surface area contributed by atoms with Crippen LogP contribution < -0.4 is 4.72 Å². The fourth-order valence-electron chi connectivity index (χ4n) is 1.82. The third-order valence-electron chi connectivity index (χ3n) is 3.05. The third kappa shape index (κ3) is 3.46. The maximum Gasteiger partial charge on any atom is 0.241 e. The summed E-state index contributed by atoms with van der Waals surface area (Å²) in [7, 11) is -3.56. The van der Waals surface area contributed by atoms with Crippen LogP contribution in [0.5, 0.6) is 0 Å². The molecule has 6 heteroatoms. The molecule has 0 fully saturated rings. The lowest BCUT2D eigenvalue weighted by Crippen LogP contribution is -2.26. The Labute approximate surface area is 123 Å². The van der Waals surface area contributed by atoms with Crippen molar-refractivity contribution in [1.29, 1.82) is 0 Å². The van der Waals surface area contributed by atoms with Gasteiger partial charge in [0, 0.05) is 6.04 Å². The summed E-state index contributed by atoms with van der Waals surface area (Å²) in [6.45, 7) is 3.45. The van der Waals surface area contributed by atoms with Crippen LogP contribution in [0.25, 0.3) is 0 Å². The molecule has 0 aliphatic carbocycles. The van der Waals surface area contributed by atoms with Crippen LogP contribution in [0.2, 0.25) is 0 Å². The molecule has 0 amide bonds. The first kappa shape index (κ1) is 15.2. The first-order chi connectivity index (χ1) is 9.40. The molecule has 0 aliphatic rings. The van der Waals surface area contributed by atoms with E-state index < -0.39 is 16.1 Å². The highest BCUT2D eigenvalue weighted by Gasteiger charge is 2.18. The van der Waals surface area contributed by atoms with Gasteiger partial charge in [0.2, 0.25) is 10.0 Å². The van der Waals surface area contributed by atoms with E-state index in [1.807, 2.05) is 23.8 Å². The molecule has 4 nitrogen and oxygen atoms in total. The average molecular weight is 311 g/mol. The molecule has 0 saturated heterocycles. The smallest absolute Gasteiger partial charge is 0.241 e. The van der Waals surface area contributed by atoms with Gasteiger partial charge in [-0.1, -0.05) is 12.1 Å². The molecule has 108 valence electrons. The van der Waals surface area contributed by atoms with Gasteiger partial charge in [0.15, 0.2) is 0 Å². The van der Waals surface area contributed by atoms with E-state index in [2.05, 4.69) is 4.72 Å². The summed E-state index contributed by atoms with van der Waals surface area (Å²) in [5.41, 5.74) is 1.63. The Hall–Kier alpha value is -1.21. The van der Waals surface area contributed by atoms with Gasteiger partial charge in [0.05, 0.1) is 11.0 Å². The second-order valence-corrected chi connectivity index (χ2v) is 7.14. The van der Waals surface area contributed by atoms with Crippen LogP contribution in [-0.4, -0.2) is 13.5 Å². The lowest BCUT2D eigenvalue weighted by Gasteiger charge is -2.13. The van der Waals surface area contributed by atoms with E-state index in [1.54, 1.807) is 19.1 Å². The molecule has 2 aromatic rings. The van der Waals surface area contributed by atoms with Gasteiger partial charge in [-0.15, -0.1) is 0 Å². The van der Waals surface area contributed by atoms with Crippen molar-refractivity contribution in [2.24, 2.45) is 0 Å². The molecule has 1 aromatic heterocycles. The third-order valence-corrected chi connectivity index (χ3v) is 5.31. The predicted octanol–water partition coefficient (Wildman–Crippen LogP) is 2.84. The van der Waals surface area contributed by atoms with Crippen molar-refractivity contribution >= 4 is 21.4 Å². The summed E-state index contributed by atoms with van der Waals surface area (Å²) in [5.74, 6) is 0. The summed E-state index contributed by atoms with van der Waals surface area (Å²) < 4.78 is 27.1. The molecule has 0 aliphatic heterocycles. The lowest BCUT2D eigenvalue weighted by atomic mass is 10.1. The van der Waals surface area contributed by atoms with E-state index >= 15 is 0 Å². The van der Waals surface area contributed by atoms with Gasteiger partial charge in [-0.2, -0.15) is 11.3 Å². The van der Waals surface area contributed by atoms with Gasteiger partial charge in [-0.3, -0.25) is 0 Å². The summed E-state index contributed by atoms with van der Waals surface area (Å²) in [4.78, 5) is 0.198. The maximum absolute atomic E-state index is 12.2. The molecule has 1 heterocycles. The molecule has 0 saturated carbocycles. The quantitative estimate of drug-likeness (QED) is 0.892. The fourth-order valence-corrected chi connectivity index (χ4v) is 3.80. The number of aliphatic hydroxyl groups is 1.